The van der Waals surface area contributed by atoms with E-state index in [0.29, 0.717) is 19.5 Å². The molecule has 1 unspecified atom stereocenters. The minimum absolute atomic E-state index is 0.0542. The van der Waals surface area contributed by atoms with E-state index < -0.39 is 0 Å². The average Bonchev–Trinajstić information content (AvgIpc) is 2.94. The number of piperidine rings is 1. The number of carbonyl (C=O) groups is 2. The van der Waals surface area contributed by atoms with Crippen molar-refractivity contribution in [2.24, 2.45) is 11.7 Å². The highest BCUT2D eigenvalue weighted by Crippen LogP contribution is 2.19. The molecule has 1 saturated heterocycles. The maximum Gasteiger partial charge on any atom is 0.317 e. The van der Waals surface area contributed by atoms with Crippen molar-refractivity contribution in [3.05, 3.63) is 16.1 Å². The van der Waals surface area contributed by atoms with Gasteiger partial charge in [0, 0.05) is 43.5 Å². The number of hydrogen-bond acceptors (Lipinski definition) is 4. The molecule has 1 atom stereocenters. The molecule has 1 aliphatic heterocycles. The number of nitrogens with zero attached hydrogens (tertiary/aromatic N) is 2. The van der Waals surface area contributed by atoms with Crippen LogP contribution in [0.2, 0.25) is 0 Å². The molecule has 3 N–H and O–H groups in total. The van der Waals surface area contributed by atoms with E-state index >= 15 is 0 Å². The van der Waals surface area contributed by atoms with Crippen molar-refractivity contribution in [3.8, 4) is 0 Å². The van der Waals surface area contributed by atoms with Gasteiger partial charge in [-0.2, -0.15) is 0 Å². The Morgan fingerprint density at radius 3 is 3.05 bits per heavy atom. The van der Waals surface area contributed by atoms with Crippen LogP contribution in [0.3, 0.4) is 0 Å². The van der Waals surface area contributed by atoms with Crippen LogP contribution < -0.4 is 11.1 Å². The van der Waals surface area contributed by atoms with Gasteiger partial charge < -0.3 is 16.0 Å². The van der Waals surface area contributed by atoms with Gasteiger partial charge in [-0.15, -0.1) is 11.3 Å². The highest BCUT2D eigenvalue weighted by atomic mass is 32.1. The molecule has 0 radical (unpaired) electrons. The van der Waals surface area contributed by atoms with Crippen molar-refractivity contribution >= 4 is 23.3 Å². The summed E-state index contributed by atoms with van der Waals surface area (Å²) in [6.07, 6.45) is 5.92. The zero-order chi connectivity index (χ0) is 15.9. The topological polar surface area (TPSA) is 88.3 Å². The second-order valence-corrected chi connectivity index (χ2v) is 6.88. The van der Waals surface area contributed by atoms with Gasteiger partial charge in [-0.25, -0.2) is 9.78 Å². The van der Waals surface area contributed by atoms with Gasteiger partial charge in [-0.3, -0.25) is 4.79 Å². The third kappa shape index (κ3) is 4.98. The van der Waals surface area contributed by atoms with Crippen molar-refractivity contribution < 1.29 is 9.59 Å². The lowest BCUT2D eigenvalue weighted by Crippen LogP contribution is -2.46. The van der Waals surface area contributed by atoms with Crippen molar-refractivity contribution in [1.29, 1.82) is 0 Å². The molecule has 22 heavy (non-hydrogen) atoms. The Balaban J connectivity index is 1.73. The lowest BCUT2D eigenvalue weighted by atomic mass is 9.95. The predicted molar refractivity (Wildman–Crippen MR) is 86.7 cm³/mol. The fourth-order valence-corrected chi connectivity index (χ4v) is 3.58. The molecule has 0 saturated carbocycles. The smallest absolute Gasteiger partial charge is 0.317 e. The first-order valence-corrected chi connectivity index (χ1v) is 8.64. The molecule has 1 aliphatic rings. The number of aryl methyl sites for hydroxylation is 1. The van der Waals surface area contributed by atoms with Crippen molar-refractivity contribution in [1.82, 2.24) is 15.2 Å². The lowest BCUT2D eigenvalue weighted by molar-refractivity contribution is -0.119. The summed E-state index contributed by atoms with van der Waals surface area (Å²) >= 11 is 1.70. The van der Waals surface area contributed by atoms with Crippen LogP contribution in [-0.2, 0) is 17.6 Å². The number of urea groups is 1. The van der Waals surface area contributed by atoms with Gasteiger partial charge >= 0.3 is 6.03 Å². The highest BCUT2D eigenvalue weighted by Gasteiger charge is 2.24. The molecule has 2 rings (SSSR count). The third-order valence-electron chi connectivity index (χ3n) is 3.86. The summed E-state index contributed by atoms with van der Waals surface area (Å²) in [6, 6.07) is -0.0542. The quantitative estimate of drug-likeness (QED) is 0.832. The summed E-state index contributed by atoms with van der Waals surface area (Å²) in [4.78, 5) is 30.6. The van der Waals surface area contributed by atoms with Crippen LogP contribution in [0.5, 0.6) is 0 Å². The molecule has 6 nitrogen and oxygen atoms in total. The number of thiazole rings is 1. The highest BCUT2D eigenvalue weighted by molar-refractivity contribution is 7.11. The van der Waals surface area contributed by atoms with Gasteiger partial charge in [-0.05, 0) is 25.2 Å². The largest absolute Gasteiger partial charge is 0.370 e. The van der Waals surface area contributed by atoms with Crippen molar-refractivity contribution in [2.45, 2.75) is 39.0 Å². The average molecular weight is 324 g/mol. The number of amides is 3. The Morgan fingerprint density at radius 2 is 2.36 bits per heavy atom. The SMILES string of the molecule is CCc1cnc(CCNC(=O)N2CCCC(CC(N)=O)C2)s1. The van der Waals surface area contributed by atoms with E-state index in [1.807, 2.05) is 6.20 Å². The van der Waals surface area contributed by atoms with Crippen LogP contribution in [0.15, 0.2) is 6.20 Å². The van der Waals surface area contributed by atoms with Crippen LogP contribution in [0.4, 0.5) is 4.79 Å². The van der Waals surface area contributed by atoms with Crippen LogP contribution in [0.1, 0.15) is 36.1 Å². The van der Waals surface area contributed by atoms with Crippen LogP contribution in [0.25, 0.3) is 0 Å². The minimum atomic E-state index is -0.289. The molecule has 122 valence electrons. The molecule has 0 aromatic carbocycles. The molecular weight excluding hydrogens is 300 g/mol. The number of likely N-dealkylation sites (tertiary alicyclic amines) is 1. The monoisotopic (exact) mass is 324 g/mol. The first-order chi connectivity index (χ1) is 10.6. The van der Waals surface area contributed by atoms with Crippen molar-refractivity contribution in [3.63, 3.8) is 0 Å². The molecule has 2 heterocycles. The normalized spacial score (nSPS) is 18.2. The van der Waals surface area contributed by atoms with Gasteiger partial charge in [0.05, 0.1) is 5.01 Å². The van der Waals surface area contributed by atoms with E-state index in [9.17, 15) is 9.59 Å². The van der Waals surface area contributed by atoms with E-state index in [-0.39, 0.29) is 17.9 Å². The maximum atomic E-state index is 12.2. The Labute approximate surface area is 135 Å². The summed E-state index contributed by atoms with van der Waals surface area (Å²) in [7, 11) is 0. The van der Waals surface area contributed by atoms with E-state index in [1.54, 1.807) is 16.2 Å². The molecule has 1 aromatic rings. The van der Waals surface area contributed by atoms with Crippen LogP contribution in [0, 0.1) is 5.92 Å². The summed E-state index contributed by atoms with van der Waals surface area (Å²) in [5, 5.41) is 4.00. The second-order valence-electron chi connectivity index (χ2n) is 5.68. The number of hydrogen-bond donors (Lipinski definition) is 2. The summed E-state index contributed by atoms with van der Waals surface area (Å²) in [5.74, 6) is -0.0918. The number of carbonyl (C=O) groups excluding carboxylic acids is 2. The third-order valence-corrected chi connectivity index (χ3v) is 5.06. The maximum absolute atomic E-state index is 12.2. The van der Waals surface area contributed by atoms with Gasteiger partial charge in [0.25, 0.3) is 0 Å². The second kappa shape index (κ2) is 8.12. The Kier molecular flexibility index (Phi) is 6.18. The standard InChI is InChI=1S/C15H24N4O2S/c1-2-12-9-18-14(22-12)5-6-17-15(21)19-7-3-4-11(10-19)8-13(16)20/h9,11H,2-8,10H2,1H3,(H2,16,20)(H,17,21). The van der Waals surface area contributed by atoms with Gasteiger partial charge in [0.15, 0.2) is 0 Å². The number of rotatable bonds is 6. The van der Waals surface area contributed by atoms with Crippen LogP contribution >= 0.6 is 11.3 Å². The van der Waals surface area contributed by atoms with Crippen LogP contribution in [-0.4, -0.2) is 41.5 Å². The van der Waals surface area contributed by atoms with E-state index in [0.717, 1.165) is 37.2 Å². The number of primary amides is 1. The molecule has 1 aromatic heterocycles. The van der Waals surface area contributed by atoms with E-state index in [4.69, 9.17) is 5.73 Å². The zero-order valence-corrected chi connectivity index (χ0v) is 13.8. The number of aromatic nitrogens is 1. The first kappa shape index (κ1) is 16.7. The van der Waals surface area contributed by atoms with Crippen molar-refractivity contribution in [2.75, 3.05) is 19.6 Å². The first-order valence-electron chi connectivity index (χ1n) is 7.83. The fraction of sp³-hybridized carbons (Fsp3) is 0.667. The van der Waals surface area contributed by atoms with Gasteiger partial charge in [0.2, 0.25) is 5.91 Å². The molecule has 0 spiro atoms. The molecule has 7 heteroatoms. The minimum Gasteiger partial charge on any atom is -0.370 e. The Bertz CT molecular complexity index is 517. The van der Waals surface area contributed by atoms with E-state index in [2.05, 4.69) is 17.2 Å². The molecular formula is C15H24N4O2S. The lowest BCUT2D eigenvalue weighted by Gasteiger charge is -2.32. The molecule has 0 bridgehead atoms. The molecule has 0 aliphatic carbocycles. The van der Waals surface area contributed by atoms with Gasteiger partial charge in [-0.1, -0.05) is 6.92 Å². The fourth-order valence-electron chi connectivity index (χ4n) is 2.72. The molecule has 3 amide bonds. The summed E-state index contributed by atoms with van der Waals surface area (Å²) in [5.41, 5.74) is 5.24. The number of nitrogens with one attached hydrogen (secondary N) is 1. The predicted octanol–water partition coefficient (Wildman–Crippen LogP) is 1.54. The number of nitrogens with two attached hydrogens (primary N) is 1. The summed E-state index contributed by atoms with van der Waals surface area (Å²) < 4.78 is 0. The Hall–Kier alpha value is -1.63. The zero-order valence-electron chi connectivity index (χ0n) is 13.0. The van der Waals surface area contributed by atoms with E-state index in [1.165, 1.54) is 4.88 Å². The molecule has 1 fully saturated rings. The summed E-state index contributed by atoms with van der Waals surface area (Å²) in [6.45, 7) is 4.06. The van der Waals surface area contributed by atoms with Gasteiger partial charge in [0.1, 0.15) is 0 Å². The Morgan fingerprint density at radius 1 is 1.55 bits per heavy atom.